The molecule has 1 aromatic rings. The molecule has 1 N–H and O–H groups in total. The van der Waals surface area contributed by atoms with Crippen LogP contribution >= 0.6 is 11.3 Å². The fraction of sp³-hybridized carbons (Fsp3) is 0.706. The fourth-order valence-electron chi connectivity index (χ4n) is 3.41. The smallest absolute Gasteiger partial charge is 0.263 e. The number of aryl methyl sites for hydroxylation is 1. The number of hydrogen-bond donors (Lipinski definition) is 1. The Labute approximate surface area is 152 Å². The van der Waals surface area contributed by atoms with Crippen molar-refractivity contribution >= 4 is 23.2 Å². The van der Waals surface area contributed by atoms with Crippen LogP contribution in [0.2, 0.25) is 0 Å². The van der Waals surface area contributed by atoms with Gasteiger partial charge < -0.3 is 15.0 Å². The summed E-state index contributed by atoms with van der Waals surface area (Å²) in [6.45, 7) is 8.11. The zero-order valence-electron chi connectivity index (χ0n) is 14.9. The Morgan fingerprint density at radius 3 is 2.56 bits per heavy atom. The Kier molecular flexibility index (Phi) is 6.03. The second-order valence-electron chi connectivity index (χ2n) is 6.66. The molecule has 1 atom stereocenters. The van der Waals surface area contributed by atoms with Crippen molar-refractivity contribution in [2.75, 3.05) is 39.4 Å². The number of hydrogen-bond acceptors (Lipinski definition) is 6. The highest BCUT2D eigenvalue weighted by atomic mass is 32.1. The second kappa shape index (κ2) is 8.25. The van der Waals surface area contributed by atoms with E-state index in [1.54, 1.807) is 5.51 Å². The SMILES string of the molecule is Cc1ncsc1C(=O)NC1CCN(C(C)C(=O)N2CCOCC2)CC1. The number of amides is 2. The van der Waals surface area contributed by atoms with Gasteiger partial charge in [-0.25, -0.2) is 4.98 Å². The van der Waals surface area contributed by atoms with Crippen LogP contribution in [0.25, 0.3) is 0 Å². The summed E-state index contributed by atoms with van der Waals surface area (Å²) < 4.78 is 5.31. The van der Waals surface area contributed by atoms with Gasteiger partial charge in [-0.1, -0.05) is 0 Å². The first kappa shape index (κ1) is 18.3. The first-order valence-corrected chi connectivity index (χ1v) is 9.75. The number of rotatable bonds is 4. The van der Waals surface area contributed by atoms with E-state index in [1.807, 2.05) is 18.7 Å². The third kappa shape index (κ3) is 4.37. The van der Waals surface area contributed by atoms with Crippen molar-refractivity contribution in [3.8, 4) is 0 Å². The average molecular weight is 366 g/mol. The number of ether oxygens (including phenoxy) is 1. The van der Waals surface area contributed by atoms with E-state index >= 15 is 0 Å². The van der Waals surface area contributed by atoms with E-state index in [9.17, 15) is 9.59 Å². The third-order valence-corrected chi connectivity index (χ3v) is 5.97. The maximum absolute atomic E-state index is 12.6. The van der Waals surface area contributed by atoms with Crippen molar-refractivity contribution in [3.63, 3.8) is 0 Å². The first-order valence-electron chi connectivity index (χ1n) is 8.88. The number of thiazole rings is 1. The van der Waals surface area contributed by atoms with Gasteiger partial charge in [-0.15, -0.1) is 11.3 Å². The van der Waals surface area contributed by atoms with Crippen LogP contribution in [0.1, 0.15) is 35.1 Å². The van der Waals surface area contributed by atoms with E-state index in [-0.39, 0.29) is 23.9 Å². The lowest BCUT2D eigenvalue weighted by atomic mass is 10.0. The summed E-state index contributed by atoms with van der Waals surface area (Å²) in [6.07, 6.45) is 1.73. The normalized spacial score (nSPS) is 21.1. The molecule has 0 bridgehead atoms. The van der Waals surface area contributed by atoms with Crippen LogP contribution in [-0.4, -0.2) is 78.1 Å². The van der Waals surface area contributed by atoms with Crippen molar-refractivity contribution in [1.29, 1.82) is 0 Å². The lowest BCUT2D eigenvalue weighted by Gasteiger charge is -2.38. The Balaban J connectivity index is 1.47. The molecule has 2 amide bonds. The highest BCUT2D eigenvalue weighted by Crippen LogP contribution is 2.17. The predicted molar refractivity (Wildman–Crippen MR) is 95.8 cm³/mol. The van der Waals surface area contributed by atoms with Gasteiger partial charge in [-0.3, -0.25) is 14.5 Å². The summed E-state index contributed by atoms with van der Waals surface area (Å²) in [5, 5.41) is 3.11. The number of nitrogens with zero attached hydrogens (tertiary/aromatic N) is 3. The molecule has 3 rings (SSSR count). The van der Waals surface area contributed by atoms with Crippen LogP contribution in [0.4, 0.5) is 0 Å². The topological polar surface area (TPSA) is 74.8 Å². The van der Waals surface area contributed by atoms with Crippen molar-refractivity contribution in [2.45, 2.75) is 38.8 Å². The lowest BCUT2D eigenvalue weighted by Crippen LogP contribution is -2.54. The fourth-order valence-corrected chi connectivity index (χ4v) is 4.11. The maximum atomic E-state index is 12.6. The van der Waals surface area contributed by atoms with Gasteiger partial charge in [0, 0.05) is 32.2 Å². The Morgan fingerprint density at radius 2 is 1.96 bits per heavy atom. The molecule has 1 aromatic heterocycles. The highest BCUT2D eigenvalue weighted by Gasteiger charge is 2.30. The van der Waals surface area contributed by atoms with Gasteiger partial charge in [0.1, 0.15) is 4.88 Å². The van der Waals surface area contributed by atoms with Crippen LogP contribution in [0.5, 0.6) is 0 Å². The highest BCUT2D eigenvalue weighted by molar-refractivity contribution is 7.11. The largest absolute Gasteiger partial charge is 0.378 e. The zero-order chi connectivity index (χ0) is 17.8. The summed E-state index contributed by atoms with van der Waals surface area (Å²) >= 11 is 1.38. The minimum absolute atomic E-state index is 0.0316. The standard InChI is InChI=1S/C17H26N4O3S/c1-12-15(25-11-18-12)16(22)19-14-3-5-20(6-4-14)13(2)17(23)21-7-9-24-10-8-21/h11,13-14H,3-10H2,1-2H3,(H,19,22). The summed E-state index contributed by atoms with van der Waals surface area (Å²) in [6, 6.07) is 0.0504. The minimum Gasteiger partial charge on any atom is -0.378 e. The zero-order valence-corrected chi connectivity index (χ0v) is 15.7. The van der Waals surface area contributed by atoms with E-state index in [0.717, 1.165) is 31.6 Å². The number of piperidine rings is 1. The maximum Gasteiger partial charge on any atom is 0.263 e. The molecule has 8 heteroatoms. The Hall–Kier alpha value is -1.51. The van der Waals surface area contributed by atoms with Crippen LogP contribution in [0.15, 0.2) is 5.51 Å². The van der Waals surface area contributed by atoms with E-state index in [4.69, 9.17) is 4.74 Å². The molecule has 7 nitrogen and oxygen atoms in total. The molecule has 2 fully saturated rings. The number of morpholine rings is 1. The molecule has 138 valence electrons. The van der Waals surface area contributed by atoms with E-state index < -0.39 is 0 Å². The van der Waals surface area contributed by atoms with Crippen molar-refractivity contribution in [1.82, 2.24) is 20.1 Å². The minimum atomic E-state index is -0.113. The summed E-state index contributed by atoms with van der Waals surface area (Å²) in [5.41, 5.74) is 2.48. The van der Waals surface area contributed by atoms with E-state index in [2.05, 4.69) is 15.2 Å². The lowest BCUT2D eigenvalue weighted by molar-refractivity contribution is -0.141. The molecule has 0 saturated carbocycles. The van der Waals surface area contributed by atoms with Gasteiger partial charge in [0.2, 0.25) is 5.91 Å². The molecule has 2 aliphatic rings. The third-order valence-electron chi connectivity index (χ3n) is 5.04. The second-order valence-corrected chi connectivity index (χ2v) is 7.52. The molecule has 0 radical (unpaired) electrons. The number of carbonyl (C=O) groups excluding carboxylic acids is 2. The molecular weight excluding hydrogens is 340 g/mol. The molecule has 2 aliphatic heterocycles. The van der Waals surface area contributed by atoms with Crippen LogP contribution < -0.4 is 5.32 Å². The molecule has 0 aromatic carbocycles. The van der Waals surface area contributed by atoms with Crippen LogP contribution in [0, 0.1) is 6.92 Å². The van der Waals surface area contributed by atoms with Crippen LogP contribution in [0.3, 0.4) is 0 Å². The van der Waals surface area contributed by atoms with Crippen molar-refractivity contribution < 1.29 is 14.3 Å². The van der Waals surface area contributed by atoms with E-state index in [0.29, 0.717) is 31.2 Å². The van der Waals surface area contributed by atoms with Gasteiger partial charge in [0.05, 0.1) is 30.5 Å². The summed E-state index contributed by atoms with van der Waals surface area (Å²) in [7, 11) is 0. The predicted octanol–water partition coefficient (Wildman–Crippen LogP) is 0.893. The Morgan fingerprint density at radius 1 is 1.28 bits per heavy atom. The number of aromatic nitrogens is 1. The molecule has 1 unspecified atom stereocenters. The van der Waals surface area contributed by atoms with E-state index in [1.165, 1.54) is 11.3 Å². The monoisotopic (exact) mass is 366 g/mol. The number of likely N-dealkylation sites (tertiary alicyclic amines) is 1. The Bertz CT molecular complexity index is 607. The summed E-state index contributed by atoms with van der Waals surface area (Å²) in [4.78, 5) is 33.8. The average Bonchev–Trinajstić information content (AvgIpc) is 3.08. The summed E-state index contributed by atoms with van der Waals surface area (Å²) in [5.74, 6) is 0.155. The number of nitrogens with one attached hydrogen (secondary N) is 1. The molecule has 2 saturated heterocycles. The molecule has 0 aliphatic carbocycles. The van der Waals surface area contributed by atoms with Gasteiger partial charge >= 0.3 is 0 Å². The van der Waals surface area contributed by atoms with Gasteiger partial charge in [-0.05, 0) is 26.7 Å². The molecule has 25 heavy (non-hydrogen) atoms. The molecule has 0 spiro atoms. The number of carbonyl (C=O) groups is 2. The van der Waals surface area contributed by atoms with Crippen molar-refractivity contribution in [3.05, 3.63) is 16.1 Å². The van der Waals surface area contributed by atoms with Gasteiger partial charge in [0.15, 0.2) is 0 Å². The quantitative estimate of drug-likeness (QED) is 0.857. The van der Waals surface area contributed by atoms with Gasteiger partial charge in [-0.2, -0.15) is 0 Å². The van der Waals surface area contributed by atoms with Crippen molar-refractivity contribution in [2.24, 2.45) is 0 Å². The van der Waals surface area contributed by atoms with Gasteiger partial charge in [0.25, 0.3) is 5.91 Å². The first-order chi connectivity index (χ1) is 12.1. The molecule has 3 heterocycles. The van der Waals surface area contributed by atoms with Crippen LogP contribution in [-0.2, 0) is 9.53 Å². The molecular formula is C17H26N4O3S.